The second kappa shape index (κ2) is 9.48. The number of halogens is 4. The highest BCUT2D eigenvalue weighted by Crippen LogP contribution is 2.33. The van der Waals surface area contributed by atoms with Crippen molar-refractivity contribution in [3.8, 4) is 0 Å². The van der Waals surface area contributed by atoms with Crippen molar-refractivity contribution in [2.75, 3.05) is 38.6 Å². The van der Waals surface area contributed by atoms with E-state index in [0.717, 1.165) is 19.2 Å². The van der Waals surface area contributed by atoms with E-state index < -0.39 is 17.5 Å². The molecule has 1 saturated heterocycles. The molecular weight excluding hydrogens is 445 g/mol. The fraction of sp³-hybridized carbons (Fsp3) is 0.364. The Hall–Kier alpha value is -2.62. The smallest absolute Gasteiger partial charge is 0.182 e. The van der Waals surface area contributed by atoms with Gasteiger partial charge in [0, 0.05) is 31.5 Å². The lowest BCUT2D eigenvalue weighted by molar-refractivity contribution is -0.0136. The molecule has 0 spiro atoms. The van der Waals surface area contributed by atoms with Crippen LogP contribution >= 0.6 is 11.6 Å². The van der Waals surface area contributed by atoms with Crippen molar-refractivity contribution in [3.63, 3.8) is 0 Å². The third kappa shape index (κ3) is 4.74. The van der Waals surface area contributed by atoms with Crippen molar-refractivity contribution in [2.24, 2.45) is 10.1 Å². The molecule has 0 amide bonds. The van der Waals surface area contributed by atoms with Crippen LogP contribution in [0.15, 0.2) is 34.4 Å². The molecule has 2 aromatic rings. The van der Waals surface area contributed by atoms with Crippen LogP contribution in [0.1, 0.15) is 16.7 Å². The lowest BCUT2D eigenvalue weighted by atomic mass is 9.95. The zero-order valence-corrected chi connectivity index (χ0v) is 18.1. The summed E-state index contributed by atoms with van der Waals surface area (Å²) in [5.41, 5.74) is 1.31. The quantitative estimate of drug-likeness (QED) is 0.399. The summed E-state index contributed by atoms with van der Waals surface area (Å²) in [6.45, 7) is 2.59. The predicted octanol–water partition coefficient (Wildman–Crippen LogP) is 3.88. The van der Waals surface area contributed by atoms with Crippen molar-refractivity contribution >= 4 is 28.8 Å². The van der Waals surface area contributed by atoms with Crippen LogP contribution < -0.4 is 5.32 Å². The van der Waals surface area contributed by atoms with Crippen LogP contribution in [0.3, 0.4) is 0 Å². The van der Waals surface area contributed by atoms with Gasteiger partial charge in [-0.1, -0.05) is 22.8 Å². The van der Waals surface area contributed by atoms with Gasteiger partial charge in [-0.2, -0.15) is 0 Å². The number of hydrogen-bond acceptors (Lipinski definition) is 5. The van der Waals surface area contributed by atoms with Crippen LogP contribution in [0.25, 0.3) is 0 Å². The van der Waals surface area contributed by atoms with E-state index >= 15 is 0 Å². The van der Waals surface area contributed by atoms with Gasteiger partial charge in [-0.3, -0.25) is 4.99 Å². The van der Waals surface area contributed by atoms with Crippen molar-refractivity contribution < 1.29 is 23.1 Å². The maximum Gasteiger partial charge on any atom is 0.182 e. The number of anilines is 1. The van der Waals surface area contributed by atoms with E-state index in [0.29, 0.717) is 30.1 Å². The minimum Gasteiger partial charge on any atom is -0.411 e. The highest BCUT2D eigenvalue weighted by atomic mass is 35.5. The SMILES string of the molecule is CN1CCOC(CN=C2Cc3c(/C(Cc4ccc(F)c(Cl)c4)=N/O)cc(F)c(F)c3N2)C1. The van der Waals surface area contributed by atoms with Gasteiger partial charge in [0.15, 0.2) is 11.6 Å². The van der Waals surface area contributed by atoms with Crippen LogP contribution in [0.5, 0.6) is 0 Å². The van der Waals surface area contributed by atoms with E-state index in [2.05, 4.69) is 20.4 Å². The van der Waals surface area contributed by atoms with E-state index in [1.54, 1.807) is 0 Å². The lowest BCUT2D eigenvalue weighted by Crippen LogP contribution is -2.41. The summed E-state index contributed by atoms with van der Waals surface area (Å²) in [7, 11) is 2.00. The van der Waals surface area contributed by atoms with E-state index in [4.69, 9.17) is 16.3 Å². The summed E-state index contributed by atoms with van der Waals surface area (Å²) in [4.78, 5) is 6.64. The molecule has 10 heteroatoms. The Balaban J connectivity index is 1.59. The first kappa shape index (κ1) is 22.6. The topological polar surface area (TPSA) is 69.5 Å². The van der Waals surface area contributed by atoms with Gasteiger partial charge in [0.2, 0.25) is 0 Å². The van der Waals surface area contributed by atoms with Gasteiger partial charge in [0.1, 0.15) is 11.7 Å². The molecule has 2 N–H and O–H groups in total. The second-order valence-corrected chi connectivity index (χ2v) is 8.30. The maximum atomic E-state index is 14.5. The largest absolute Gasteiger partial charge is 0.411 e. The maximum absolute atomic E-state index is 14.5. The van der Waals surface area contributed by atoms with Gasteiger partial charge in [-0.15, -0.1) is 0 Å². The van der Waals surface area contributed by atoms with Crippen LogP contribution in [0.2, 0.25) is 5.02 Å². The molecule has 1 unspecified atom stereocenters. The van der Waals surface area contributed by atoms with E-state index in [-0.39, 0.29) is 40.9 Å². The molecule has 1 fully saturated rings. The minimum atomic E-state index is -1.08. The van der Waals surface area contributed by atoms with Crippen LogP contribution in [0, 0.1) is 17.5 Å². The number of morpholine rings is 1. The number of aliphatic imine (C=N–C) groups is 1. The zero-order chi connectivity index (χ0) is 22.8. The molecule has 2 aliphatic rings. The summed E-state index contributed by atoms with van der Waals surface area (Å²) >= 11 is 5.83. The summed E-state index contributed by atoms with van der Waals surface area (Å²) in [6, 6.07) is 5.07. The number of rotatable bonds is 5. The van der Waals surface area contributed by atoms with E-state index in [1.165, 1.54) is 18.2 Å². The molecule has 0 aromatic heterocycles. The zero-order valence-electron chi connectivity index (χ0n) is 17.3. The number of fused-ring (bicyclic) bond motifs is 1. The molecule has 2 aliphatic heterocycles. The molecule has 4 rings (SSSR count). The number of oxime groups is 1. The standard InChI is InChI=1S/C22H22ClF3N4O2/c1-30-4-5-32-13(11-30)10-27-20-9-15-14(8-18(25)21(26)22(15)28-20)19(29-31)7-12-2-3-17(24)16(23)6-12/h2-3,6,8,13,31H,4-5,7,9-11H2,1H3,(H,27,28)/b29-19+. The third-order valence-corrected chi connectivity index (χ3v) is 5.85. The molecule has 0 bridgehead atoms. The van der Waals surface area contributed by atoms with Crippen molar-refractivity contribution in [1.29, 1.82) is 0 Å². The van der Waals surface area contributed by atoms with Gasteiger partial charge in [0.05, 0.1) is 35.7 Å². The van der Waals surface area contributed by atoms with Crippen molar-refractivity contribution in [2.45, 2.75) is 18.9 Å². The number of hydrogen-bond donors (Lipinski definition) is 2. The van der Waals surface area contributed by atoms with Gasteiger partial charge < -0.3 is 20.2 Å². The van der Waals surface area contributed by atoms with Crippen molar-refractivity contribution in [1.82, 2.24) is 4.90 Å². The fourth-order valence-corrected chi connectivity index (χ4v) is 4.11. The predicted molar refractivity (Wildman–Crippen MR) is 117 cm³/mol. The Bertz CT molecular complexity index is 1090. The number of ether oxygens (including phenoxy) is 1. The first-order valence-corrected chi connectivity index (χ1v) is 10.5. The highest BCUT2D eigenvalue weighted by molar-refractivity contribution is 6.30. The number of nitrogens with zero attached hydrogens (tertiary/aromatic N) is 3. The number of benzene rings is 2. The second-order valence-electron chi connectivity index (χ2n) is 7.89. The minimum absolute atomic E-state index is 0.0290. The summed E-state index contributed by atoms with van der Waals surface area (Å²) in [5.74, 6) is -2.21. The first-order valence-electron chi connectivity index (χ1n) is 10.1. The van der Waals surface area contributed by atoms with Crippen LogP contribution in [0.4, 0.5) is 18.9 Å². The molecule has 0 radical (unpaired) electrons. The Morgan fingerprint density at radius 2 is 2.09 bits per heavy atom. The molecule has 2 aromatic carbocycles. The van der Waals surface area contributed by atoms with Crippen LogP contribution in [-0.2, 0) is 17.6 Å². The van der Waals surface area contributed by atoms with E-state index in [9.17, 15) is 18.4 Å². The number of amidine groups is 1. The van der Waals surface area contributed by atoms with Crippen LogP contribution in [-0.4, -0.2) is 61.0 Å². The average Bonchev–Trinajstić information content (AvgIpc) is 3.20. The third-order valence-electron chi connectivity index (χ3n) is 5.56. The molecular formula is C22H22ClF3N4O2. The summed E-state index contributed by atoms with van der Waals surface area (Å²) in [6.07, 6.45) is 0.182. The van der Waals surface area contributed by atoms with Gasteiger partial charge in [-0.25, -0.2) is 13.2 Å². The molecule has 0 saturated carbocycles. The first-order chi connectivity index (χ1) is 15.4. The number of likely N-dealkylation sites (N-methyl/N-ethyl adjacent to an activating group) is 1. The fourth-order valence-electron chi connectivity index (χ4n) is 3.90. The van der Waals surface area contributed by atoms with Crippen molar-refractivity contribution in [3.05, 3.63) is 63.4 Å². The van der Waals surface area contributed by atoms with E-state index in [1.807, 2.05) is 7.05 Å². The Labute approximate surface area is 188 Å². The van der Waals surface area contributed by atoms with Gasteiger partial charge in [0.25, 0.3) is 0 Å². The number of nitrogens with one attached hydrogen (secondary N) is 1. The molecule has 2 heterocycles. The Morgan fingerprint density at radius 1 is 1.28 bits per heavy atom. The average molecular weight is 467 g/mol. The molecule has 1 atom stereocenters. The molecule has 170 valence electrons. The Morgan fingerprint density at radius 3 is 2.81 bits per heavy atom. The monoisotopic (exact) mass is 466 g/mol. The van der Waals surface area contributed by atoms with Gasteiger partial charge >= 0.3 is 0 Å². The summed E-state index contributed by atoms with van der Waals surface area (Å²) in [5, 5.41) is 15.7. The van der Waals surface area contributed by atoms with Gasteiger partial charge in [-0.05, 0) is 36.4 Å². The molecule has 0 aliphatic carbocycles. The normalized spacial score (nSPS) is 20.5. The highest BCUT2D eigenvalue weighted by Gasteiger charge is 2.29. The lowest BCUT2D eigenvalue weighted by Gasteiger charge is -2.29. The Kier molecular flexibility index (Phi) is 6.68. The molecule has 6 nitrogen and oxygen atoms in total. The molecule has 32 heavy (non-hydrogen) atoms. The summed E-state index contributed by atoms with van der Waals surface area (Å²) < 4.78 is 48.0.